The van der Waals surface area contributed by atoms with Crippen molar-refractivity contribution in [2.24, 2.45) is 11.7 Å². The van der Waals surface area contributed by atoms with E-state index in [9.17, 15) is 9.18 Å². The maximum atomic E-state index is 12.8. The van der Waals surface area contributed by atoms with E-state index in [1.54, 1.807) is 0 Å². The molecule has 0 aliphatic rings. The maximum absolute atomic E-state index is 12.8. The molecule has 94 valence electrons. The predicted molar refractivity (Wildman–Crippen MR) is 67.5 cm³/mol. The fourth-order valence-corrected chi connectivity index (χ4v) is 1.66. The van der Waals surface area contributed by atoms with E-state index in [2.05, 4.69) is 5.32 Å². The number of carbonyl (C=O) groups is 1. The molecule has 1 rings (SSSR count). The van der Waals surface area contributed by atoms with Gasteiger partial charge in [-0.05, 0) is 30.7 Å². The highest BCUT2D eigenvalue weighted by Gasteiger charge is 2.12. The van der Waals surface area contributed by atoms with Crippen molar-refractivity contribution in [3.8, 4) is 0 Å². The summed E-state index contributed by atoms with van der Waals surface area (Å²) in [7, 11) is 0. The average Bonchev–Trinajstić information content (AvgIpc) is 2.29. The number of halogens is 2. The normalized spacial score (nSPS) is 12.2. The molecule has 0 aliphatic carbocycles. The van der Waals surface area contributed by atoms with Gasteiger partial charge in [0.2, 0.25) is 5.91 Å². The Morgan fingerprint density at radius 3 is 2.82 bits per heavy atom. The van der Waals surface area contributed by atoms with Gasteiger partial charge in [-0.25, -0.2) is 4.39 Å². The van der Waals surface area contributed by atoms with Crippen LogP contribution < -0.4 is 11.1 Å². The van der Waals surface area contributed by atoms with Crippen molar-refractivity contribution in [2.45, 2.75) is 19.8 Å². The summed E-state index contributed by atoms with van der Waals surface area (Å²) >= 11 is 5.80. The Morgan fingerprint density at radius 2 is 2.29 bits per heavy atom. The minimum absolute atomic E-state index is 0.157. The van der Waals surface area contributed by atoms with Crippen molar-refractivity contribution < 1.29 is 9.18 Å². The summed E-state index contributed by atoms with van der Waals surface area (Å²) in [5.74, 6) is -0.425. The molecule has 3 nitrogen and oxygen atoms in total. The summed E-state index contributed by atoms with van der Waals surface area (Å²) in [5.41, 5.74) is 5.94. The van der Waals surface area contributed by atoms with Crippen LogP contribution in [0.15, 0.2) is 18.2 Å². The van der Waals surface area contributed by atoms with E-state index in [4.69, 9.17) is 17.3 Å². The van der Waals surface area contributed by atoms with Gasteiger partial charge in [0.05, 0.1) is 10.7 Å². The third kappa shape index (κ3) is 4.32. The lowest BCUT2D eigenvalue weighted by atomic mass is 10.0. The van der Waals surface area contributed by atoms with Crippen LogP contribution in [0.25, 0.3) is 0 Å². The second-order valence-electron chi connectivity index (χ2n) is 3.89. The van der Waals surface area contributed by atoms with Gasteiger partial charge in [0.1, 0.15) is 5.82 Å². The van der Waals surface area contributed by atoms with Crippen LogP contribution in [0.3, 0.4) is 0 Å². The second kappa shape index (κ2) is 6.57. The number of carbonyl (C=O) groups excluding carboxylic acids is 1. The van der Waals surface area contributed by atoms with E-state index in [-0.39, 0.29) is 16.8 Å². The van der Waals surface area contributed by atoms with Crippen molar-refractivity contribution in [1.82, 2.24) is 0 Å². The van der Waals surface area contributed by atoms with Gasteiger partial charge in [0, 0.05) is 6.42 Å². The average molecular weight is 259 g/mol. The molecule has 0 bridgehead atoms. The molecule has 0 spiro atoms. The first-order valence-corrected chi connectivity index (χ1v) is 5.89. The number of hydrogen-bond donors (Lipinski definition) is 2. The summed E-state index contributed by atoms with van der Waals surface area (Å²) in [4.78, 5) is 11.7. The fourth-order valence-electron chi connectivity index (χ4n) is 1.45. The lowest BCUT2D eigenvalue weighted by Crippen LogP contribution is -2.21. The summed E-state index contributed by atoms with van der Waals surface area (Å²) in [6.45, 7) is 2.46. The number of nitrogens with two attached hydrogens (primary N) is 1. The number of nitrogens with one attached hydrogen (secondary N) is 1. The molecule has 5 heteroatoms. The number of benzene rings is 1. The van der Waals surface area contributed by atoms with E-state index in [0.29, 0.717) is 18.7 Å². The first-order valence-electron chi connectivity index (χ1n) is 5.51. The van der Waals surface area contributed by atoms with Crippen LogP contribution in [0.2, 0.25) is 5.02 Å². The molecule has 1 atom stereocenters. The van der Waals surface area contributed by atoms with Crippen molar-refractivity contribution in [3.05, 3.63) is 29.0 Å². The van der Waals surface area contributed by atoms with Gasteiger partial charge in [-0.15, -0.1) is 0 Å². The van der Waals surface area contributed by atoms with Crippen LogP contribution in [-0.2, 0) is 4.79 Å². The first kappa shape index (κ1) is 13.9. The molecule has 0 heterocycles. The Hall–Kier alpha value is -1.13. The molecule has 1 aromatic rings. The number of amides is 1. The second-order valence-corrected chi connectivity index (χ2v) is 4.29. The van der Waals surface area contributed by atoms with Gasteiger partial charge in [-0.1, -0.05) is 24.9 Å². The van der Waals surface area contributed by atoms with E-state index >= 15 is 0 Å². The number of anilines is 1. The molecular weight excluding hydrogens is 243 g/mol. The predicted octanol–water partition coefficient (Wildman–Crippen LogP) is 2.79. The molecule has 1 aromatic carbocycles. The highest BCUT2D eigenvalue weighted by atomic mass is 35.5. The molecule has 3 N–H and O–H groups in total. The first-order chi connectivity index (χ1) is 8.06. The van der Waals surface area contributed by atoms with Crippen molar-refractivity contribution in [1.29, 1.82) is 0 Å². The summed E-state index contributed by atoms with van der Waals surface area (Å²) < 4.78 is 12.8. The van der Waals surface area contributed by atoms with Gasteiger partial charge in [0.25, 0.3) is 0 Å². The topological polar surface area (TPSA) is 55.1 Å². The van der Waals surface area contributed by atoms with Crippen molar-refractivity contribution >= 4 is 23.2 Å². The van der Waals surface area contributed by atoms with Crippen LogP contribution in [0.1, 0.15) is 19.8 Å². The Bertz CT molecular complexity index is 394. The lowest BCUT2D eigenvalue weighted by Gasteiger charge is -2.12. The maximum Gasteiger partial charge on any atom is 0.224 e. The van der Waals surface area contributed by atoms with Crippen LogP contribution in [0.4, 0.5) is 10.1 Å². The van der Waals surface area contributed by atoms with Gasteiger partial charge in [0.15, 0.2) is 0 Å². The van der Waals surface area contributed by atoms with E-state index in [1.165, 1.54) is 12.1 Å². The monoisotopic (exact) mass is 258 g/mol. The van der Waals surface area contributed by atoms with Crippen LogP contribution >= 0.6 is 11.6 Å². The van der Waals surface area contributed by atoms with E-state index < -0.39 is 5.82 Å². The van der Waals surface area contributed by atoms with Crippen LogP contribution in [0.5, 0.6) is 0 Å². The fraction of sp³-hybridized carbons (Fsp3) is 0.417. The molecule has 1 amide bonds. The van der Waals surface area contributed by atoms with Crippen LogP contribution in [0, 0.1) is 11.7 Å². The Labute approximate surface area is 105 Å². The molecule has 0 radical (unpaired) electrons. The van der Waals surface area contributed by atoms with Gasteiger partial charge in [-0.2, -0.15) is 0 Å². The highest BCUT2D eigenvalue weighted by Crippen LogP contribution is 2.22. The Balaban J connectivity index is 2.62. The summed E-state index contributed by atoms with van der Waals surface area (Å²) in [6, 6.07) is 3.86. The third-order valence-corrected chi connectivity index (χ3v) is 2.90. The molecule has 0 fully saturated rings. The van der Waals surface area contributed by atoms with Gasteiger partial charge < -0.3 is 11.1 Å². The SMILES string of the molecule is CCC(CN)CC(=O)Nc1ccc(F)cc1Cl. The molecule has 0 aromatic heterocycles. The minimum Gasteiger partial charge on any atom is -0.330 e. The molecular formula is C12H16ClFN2O. The minimum atomic E-state index is -0.429. The third-order valence-electron chi connectivity index (χ3n) is 2.59. The van der Waals surface area contributed by atoms with E-state index in [1.807, 2.05) is 6.92 Å². The van der Waals surface area contributed by atoms with Gasteiger partial charge in [-0.3, -0.25) is 4.79 Å². The van der Waals surface area contributed by atoms with E-state index in [0.717, 1.165) is 12.5 Å². The zero-order valence-corrected chi connectivity index (χ0v) is 10.4. The Morgan fingerprint density at radius 1 is 1.59 bits per heavy atom. The van der Waals surface area contributed by atoms with Crippen molar-refractivity contribution in [3.63, 3.8) is 0 Å². The summed E-state index contributed by atoms with van der Waals surface area (Å²) in [5, 5.41) is 2.84. The zero-order chi connectivity index (χ0) is 12.8. The zero-order valence-electron chi connectivity index (χ0n) is 9.67. The molecule has 1 unspecified atom stereocenters. The Kier molecular flexibility index (Phi) is 5.38. The lowest BCUT2D eigenvalue weighted by molar-refractivity contribution is -0.117. The van der Waals surface area contributed by atoms with Crippen molar-refractivity contribution in [2.75, 3.05) is 11.9 Å². The number of rotatable bonds is 5. The molecule has 0 aliphatic heterocycles. The standard InChI is InChI=1S/C12H16ClFN2O/c1-2-8(7-15)5-12(17)16-11-4-3-9(14)6-10(11)13/h3-4,6,8H,2,5,7,15H2,1H3,(H,16,17). The quantitative estimate of drug-likeness (QED) is 0.853. The highest BCUT2D eigenvalue weighted by molar-refractivity contribution is 6.33. The molecule has 0 saturated heterocycles. The summed E-state index contributed by atoms with van der Waals surface area (Å²) in [6.07, 6.45) is 1.20. The van der Waals surface area contributed by atoms with Crippen LogP contribution in [-0.4, -0.2) is 12.5 Å². The number of hydrogen-bond acceptors (Lipinski definition) is 2. The largest absolute Gasteiger partial charge is 0.330 e. The molecule has 17 heavy (non-hydrogen) atoms. The van der Waals surface area contributed by atoms with Gasteiger partial charge >= 0.3 is 0 Å². The smallest absolute Gasteiger partial charge is 0.224 e. The molecule has 0 saturated carbocycles.